The van der Waals surface area contributed by atoms with Gasteiger partial charge in [-0.3, -0.25) is 4.79 Å². The Kier molecular flexibility index (Phi) is 3.32. The van der Waals surface area contributed by atoms with Crippen LogP contribution in [0.15, 0.2) is 24.3 Å². The number of rotatable bonds is 3. The highest BCUT2D eigenvalue weighted by molar-refractivity contribution is 5.88. The van der Waals surface area contributed by atoms with Gasteiger partial charge in [0, 0.05) is 25.6 Å². The summed E-state index contributed by atoms with van der Waals surface area (Å²) in [6.45, 7) is 1.41. The topological polar surface area (TPSA) is 61.4 Å². The van der Waals surface area contributed by atoms with Gasteiger partial charge < -0.3 is 15.5 Å². The lowest BCUT2D eigenvalue weighted by Crippen LogP contribution is -2.46. The molecular weight excluding hydrogens is 290 g/mol. The zero-order valence-corrected chi connectivity index (χ0v) is 13.5. The molecule has 2 N–H and O–H groups in total. The van der Waals surface area contributed by atoms with Crippen molar-refractivity contribution in [2.45, 2.75) is 37.1 Å². The highest BCUT2D eigenvalue weighted by Crippen LogP contribution is 2.61. The van der Waals surface area contributed by atoms with E-state index in [-0.39, 0.29) is 18.0 Å². The van der Waals surface area contributed by atoms with E-state index in [2.05, 4.69) is 34.9 Å². The van der Waals surface area contributed by atoms with Crippen molar-refractivity contribution < 1.29 is 9.59 Å². The first-order valence-electron chi connectivity index (χ1n) is 8.48. The number of urea groups is 1. The molecule has 1 aromatic rings. The van der Waals surface area contributed by atoms with E-state index in [1.807, 2.05) is 0 Å². The van der Waals surface area contributed by atoms with E-state index in [9.17, 15) is 9.59 Å². The summed E-state index contributed by atoms with van der Waals surface area (Å²) >= 11 is 0. The van der Waals surface area contributed by atoms with E-state index in [4.69, 9.17) is 0 Å². The Bertz CT molecular complexity index is 659. The van der Waals surface area contributed by atoms with Crippen molar-refractivity contribution in [2.75, 3.05) is 20.1 Å². The molecule has 1 saturated heterocycles. The van der Waals surface area contributed by atoms with Crippen LogP contribution in [0.3, 0.4) is 0 Å². The van der Waals surface area contributed by atoms with Gasteiger partial charge in [-0.2, -0.15) is 0 Å². The fraction of sp³-hybridized carbons (Fsp3) is 0.556. The molecule has 5 heteroatoms. The smallest absolute Gasteiger partial charge is 0.315 e. The van der Waals surface area contributed by atoms with Crippen molar-refractivity contribution in [3.8, 4) is 0 Å². The lowest BCUT2D eigenvalue weighted by atomic mass is 9.95. The van der Waals surface area contributed by atoms with Crippen LogP contribution in [0.2, 0.25) is 0 Å². The SMILES string of the molecule is CN1CC[C@H](NC(=O)NC[C@@H]2C[C@]23CCc2ccccc23)C1=O. The average molecular weight is 313 g/mol. The molecule has 0 aromatic heterocycles. The maximum Gasteiger partial charge on any atom is 0.315 e. The highest BCUT2D eigenvalue weighted by Gasteiger charge is 2.57. The number of carbonyl (C=O) groups excluding carboxylic acids is 2. The number of carbonyl (C=O) groups is 2. The maximum absolute atomic E-state index is 12.0. The third kappa shape index (κ3) is 2.38. The minimum Gasteiger partial charge on any atom is -0.344 e. The van der Waals surface area contributed by atoms with Gasteiger partial charge in [0.1, 0.15) is 6.04 Å². The van der Waals surface area contributed by atoms with Crippen LogP contribution in [0.5, 0.6) is 0 Å². The minimum atomic E-state index is -0.361. The lowest BCUT2D eigenvalue weighted by Gasteiger charge is -2.15. The minimum absolute atomic E-state index is 0.00719. The van der Waals surface area contributed by atoms with Crippen molar-refractivity contribution in [3.05, 3.63) is 35.4 Å². The van der Waals surface area contributed by atoms with Crippen LogP contribution in [0.4, 0.5) is 4.79 Å². The molecule has 2 fully saturated rings. The normalized spacial score (nSPS) is 31.3. The maximum atomic E-state index is 12.0. The zero-order valence-electron chi connectivity index (χ0n) is 13.5. The molecule has 1 aliphatic heterocycles. The molecule has 1 spiro atoms. The molecular formula is C18H23N3O2. The molecule has 0 radical (unpaired) electrons. The molecule has 23 heavy (non-hydrogen) atoms. The van der Waals surface area contributed by atoms with Crippen LogP contribution >= 0.6 is 0 Å². The van der Waals surface area contributed by atoms with Gasteiger partial charge in [0.15, 0.2) is 0 Å². The number of fused-ring (bicyclic) bond motifs is 2. The van der Waals surface area contributed by atoms with Crippen LogP contribution in [0.1, 0.15) is 30.4 Å². The lowest BCUT2D eigenvalue weighted by molar-refractivity contribution is -0.128. The molecule has 1 heterocycles. The van der Waals surface area contributed by atoms with Crippen molar-refractivity contribution in [2.24, 2.45) is 5.92 Å². The monoisotopic (exact) mass is 313 g/mol. The highest BCUT2D eigenvalue weighted by atomic mass is 16.2. The van der Waals surface area contributed by atoms with Crippen molar-refractivity contribution >= 4 is 11.9 Å². The third-order valence-corrected chi connectivity index (χ3v) is 5.87. The Labute approximate surface area is 136 Å². The molecule has 3 aliphatic rings. The second-order valence-corrected chi connectivity index (χ2v) is 7.17. The predicted molar refractivity (Wildman–Crippen MR) is 87.1 cm³/mol. The Balaban J connectivity index is 1.30. The number of likely N-dealkylation sites (tertiary alicyclic amines) is 1. The fourth-order valence-electron chi connectivity index (χ4n) is 4.38. The van der Waals surface area contributed by atoms with Crippen LogP contribution < -0.4 is 10.6 Å². The van der Waals surface area contributed by atoms with Gasteiger partial charge in [-0.15, -0.1) is 0 Å². The molecule has 1 saturated carbocycles. The first-order chi connectivity index (χ1) is 11.1. The van der Waals surface area contributed by atoms with Gasteiger partial charge in [-0.05, 0) is 42.7 Å². The average Bonchev–Trinajstić information content (AvgIpc) is 3.02. The fourth-order valence-corrected chi connectivity index (χ4v) is 4.38. The van der Waals surface area contributed by atoms with Gasteiger partial charge >= 0.3 is 6.03 Å². The number of benzene rings is 1. The summed E-state index contributed by atoms with van der Waals surface area (Å²) in [5.74, 6) is 0.534. The van der Waals surface area contributed by atoms with E-state index < -0.39 is 0 Å². The number of aryl methyl sites for hydroxylation is 1. The summed E-state index contributed by atoms with van der Waals surface area (Å²) in [4.78, 5) is 25.5. The third-order valence-electron chi connectivity index (χ3n) is 5.87. The number of nitrogens with one attached hydrogen (secondary N) is 2. The second-order valence-electron chi connectivity index (χ2n) is 7.17. The zero-order chi connectivity index (χ0) is 16.0. The summed E-state index contributed by atoms with van der Waals surface area (Å²) in [7, 11) is 1.77. The van der Waals surface area contributed by atoms with E-state index >= 15 is 0 Å². The van der Waals surface area contributed by atoms with Gasteiger partial charge in [0.25, 0.3) is 0 Å². The molecule has 3 atom stereocenters. The van der Waals surface area contributed by atoms with Crippen LogP contribution in [-0.2, 0) is 16.6 Å². The molecule has 0 unspecified atom stereocenters. The Morgan fingerprint density at radius 2 is 2.22 bits per heavy atom. The summed E-state index contributed by atoms with van der Waals surface area (Å²) < 4.78 is 0. The van der Waals surface area contributed by atoms with Crippen molar-refractivity contribution in [1.29, 1.82) is 0 Å². The largest absolute Gasteiger partial charge is 0.344 e. The van der Waals surface area contributed by atoms with Gasteiger partial charge in [-0.1, -0.05) is 24.3 Å². The van der Waals surface area contributed by atoms with Crippen LogP contribution in [-0.4, -0.2) is 43.0 Å². The standard InChI is InChI=1S/C18H23N3O2/c1-21-9-7-15(16(21)22)20-17(23)19-11-13-10-18(13)8-6-12-4-2-3-5-14(12)18/h2-5,13,15H,6-11H2,1H3,(H2,19,20,23)/t13-,15-,18+/m0/s1. The summed E-state index contributed by atoms with van der Waals surface area (Å²) in [6.07, 6.45) is 4.22. The number of amides is 3. The van der Waals surface area contributed by atoms with Crippen LogP contribution in [0.25, 0.3) is 0 Å². The number of nitrogens with zero attached hydrogens (tertiary/aromatic N) is 1. The number of hydrogen-bond acceptors (Lipinski definition) is 2. The quantitative estimate of drug-likeness (QED) is 0.886. The molecule has 122 valence electrons. The predicted octanol–water partition coefficient (Wildman–Crippen LogP) is 1.42. The molecule has 3 amide bonds. The summed E-state index contributed by atoms with van der Waals surface area (Å²) in [6, 6.07) is 8.12. The first kappa shape index (κ1) is 14.5. The van der Waals surface area contributed by atoms with Gasteiger partial charge in [0.05, 0.1) is 0 Å². The Morgan fingerprint density at radius 3 is 3.00 bits per heavy atom. The molecule has 5 nitrogen and oxygen atoms in total. The van der Waals surface area contributed by atoms with Gasteiger partial charge in [0.2, 0.25) is 5.91 Å². The summed E-state index contributed by atoms with van der Waals surface area (Å²) in [5.41, 5.74) is 3.26. The van der Waals surface area contributed by atoms with Crippen molar-refractivity contribution in [1.82, 2.24) is 15.5 Å². The van der Waals surface area contributed by atoms with Gasteiger partial charge in [-0.25, -0.2) is 4.79 Å². The van der Waals surface area contributed by atoms with E-state index in [1.54, 1.807) is 11.9 Å². The van der Waals surface area contributed by atoms with Crippen molar-refractivity contribution in [3.63, 3.8) is 0 Å². The van der Waals surface area contributed by atoms with E-state index in [1.165, 1.54) is 17.5 Å². The molecule has 1 aromatic carbocycles. The second kappa shape index (κ2) is 5.25. The van der Waals surface area contributed by atoms with Crippen LogP contribution in [0, 0.1) is 5.92 Å². The number of likely N-dealkylation sites (N-methyl/N-ethyl adjacent to an activating group) is 1. The number of hydrogen-bond donors (Lipinski definition) is 2. The molecule has 4 rings (SSSR count). The van der Waals surface area contributed by atoms with E-state index in [0.717, 1.165) is 12.8 Å². The summed E-state index contributed by atoms with van der Waals surface area (Å²) in [5, 5.41) is 5.77. The van der Waals surface area contributed by atoms with E-state index in [0.29, 0.717) is 30.8 Å². The first-order valence-corrected chi connectivity index (χ1v) is 8.48. The molecule has 0 bridgehead atoms. The molecule has 2 aliphatic carbocycles. The Hall–Kier alpha value is -2.04. The Morgan fingerprint density at radius 1 is 1.39 bits per heavy atom.